The minimum atomic E-state index is -5.07. The van der Waals surface area contributed by atoms with Crippen molar-refractivity contribution in [1.29, 1.82) is 0 Å². The minimum Gasteiger partial charge on any atom is -0.398 e. The van der Waals surface area contributed by atoms with Crippen LogP contribution in [0, 0.1) is 0 Å². The Labute approximate surface area is 338 Å². The van der Waals surface area contributed by atoms with Gasteiger partial charge in [-0.25, -0.2) is 15.6 Å². The lowest BCUT2D eigenvalue weighted by Crippen LogP contribution is -2.27. The molecule has 0 radical (unpaired) electrons. The summed E-state index contributed by atoms with van der Waals surface area (Å²) in [5.41, 5.74) is 27.3. The molecule has 27 heteroatoms. The third-order valence-electron chi connectivity index (χ3n) is 8.64. The number of nitrogen functional groups attached to an aromatic ring is 4. The Morgan fingerprint density at radius 1 is 0.450 bits per heavy atom. The van der Waals surface area contributed by atoms with Crippen molar-refractivity contribution in [3.63, 3.8) is 0 Å². The molecule has 0 aliphatic heterocycles. The van der Waals surface area contributed by atoms with Crippen molar-refractivity contribution < 1.29 is 56.7 Å². The first-order valence-corrected chi connectivity index (χ1v) is 21.9. The number of benzene rings is 6. The molecule has 6 aromatic carbocycles. The van der Waals surface area contributed by atoms with E-state index < -0.39 is 77.5 Å². The van der Waals surface area contributed by atoms with Crippen LogP contribution in [0.4, 0.5) is 38.9 Å². The Morgan fingerprint density at radius 3 is 1.12 bits per heavy atom. The van der Waals surface area contributed by atoms with Gasteiger partial charge in [0.1, 0.15) is 31.0 Å². The molecule has 0 aliphatic carbocycles. The number of nitrogens with zero attached hydrogens (tertiary/aromatic N) is 4. The summed E-state index contributed by atoms with van der Waals surface area (Å²) in [6.45, 7) is 0. The van der Waals surface area contributed by atoms with Crippen LogP contribution >= 0.6 is 0 Å². The molecule has 60 heavy (non-hydrogen) atoms. The highest BCUT2D eigenvalue weighted by atomic mass is 32.2. The highest BCUT2D eigenvalue weighted by molar-refractivity contribution is 7.86. The van der Waals surface area contributed by atoms with Gasteiger partial charge in [-0.15, -0.1) is 10.2 Å². The third-order valence-corrected chi connectivity index (χ3v) is 12.2. The summed E-state index contributed by atoms with van der Waals surface area (Å²) in [4.78, 5) is 9.70. The van der Waals surface area contributed by atoms with Crippen LogP contribution in [-0.4, -0.2) is 57.9 Å². The number of amides is 2. The zero-order valence-electron chi connectivity index (χ0n) is 29.8. The molecule has 0 spiro atoms. The number of carbonyl (C=O) groups excluding carboxylic acids is 1. The van der Waals surface area contributed by atoms with E-state index in [1.807, 2.05) is 10.9 Å². The number of nitrogens with two attached hydrogens (primary N) is 4. The number of carbonyl (C=O) groups is 1. The number of nitrogens with one attached hydrogen (secondary N) is 2. The van der Waals surface area contributed by atoms with E-state index in [9.17, 15) is 56.7 Å². The zero-order chi connectivity index (χ0) is 44.1. The fourth-order valence-electron chi connectivity index (χ4n) is 6.19. The highest BCUT2D eigenvalue weighted by Gasteiger charge is 2.24. The van der Waals surface area contributed by atoms with Crippen LogP contribution in [0.2, 0.25) is 0 Å². The van der Waals surface area contributed by atoms with Gasteiger partial charge < -0.3 is 22.9 Å². The third kappa shape index (κ3) is 8.48. The van der Waals surface area contributed by atoms with E-state index in [2.05, 4.69) is 20.7 Å². The Morgan fingerprint density at radius 2 is 0.783 bits per heavy atom. The first-order valence-electron chi connectivity index (χ1n) is 16.2. The summed E-state index contributed by atoms with van der Waals surface area (Å²) in [5, 5.41) is 13.9. The molecule has 0 saturated heterocycles. The molecule has 14 N–H and O–H groups in total. The van der Waals surface area contributed by atoms with E-state index in [4.69, 9.17) is 22.9 Å². The van der Waals surface area contributed by atoms with Gasteiger partial charge in [-0.2, -0.15) is 33.7 Å². The molecule has 6 aromatic rings. The summed E-state index contributed by atoms with van der Waals surface area (Å²) in [6, 6.07) is 14.9. The first-order chi connectivity index (χ1) is 27.9. The van der Waals surface area contributed by atoms with Crippen molar-refractivity contribution in [3.05, 3.63) is 84.9 Å². The SMILES string of the molecule is Nc1ccc2c(S(=O)(=O)O)ccc(N)c2c1-c1ccc(N=NNC(=O)NN=Nc2ccc(-c3c(N)ccc4c(S(=O)(=O)O)ccc(N)c34)cc2S(=O)(=O)O)c(S(=O)(=O)O)c1. The topological polar surface area (TPSA) is 412 Å². The van der Waals surface area contributed by atoms with E-state index in [1.165, 1.54) is 48.5 Å². The van der Waals surface area contributed by atoms with Gasteiger partial charge in [-0.05, 0) is 71.8 Å². The van der Waals surface area contributed by atoms with Crippen molar-refractivity contribution in [3.8, 4) is 22.3 Å². The van der Waals surface area contributed by atoms with Crippen molar-refractivity contribution in [2.75, 3.05) is 22.9 Å². The molecular weight excluding hydrogens is 873 g/mol. The molecule has 0 fully saturated rings. The molecule has 23 nitrogen and oxygen atoms in total. The lowest BCUT2D eigenvalue weighted by atomic mass is 9.95. The van der Waals surface area contributed by atoms with Gasteiger partial charge in [0.05, 0.1) is 0 Å². The van der Waals surface area contributed by atoms with E-state index in [1.54, 1.807) is 0 Å². The van der Waals surface area contributed by atoms with Crippen molar-refractivity contribution >= 4 is 102 Å². The lowest BCUT2D eigenvalue weighted by molar-refractivity contribution is 0.240. The molecule has 0 aromatic heterocycles. The number of anilines is 4. The largest absolute Gasteiger partial charge is 0.398 e. The van der Waals surface area contributed by atoms with Gasteiger partial charge in [0.2, 0.25) is 0 Å². The van der Waals surface area contributed by atoms with E-state index in [0.717, 1.165) is 36.4 Å². The van der Waals surface area contributed by atoms with Crippen molar-refractivity contribution in [1.82, 2.24) is 10.9 Å². The van der Waals surface area contributed by atoms with Crippen LogP contribution in [0.3, 0.4) is 0 Å². The molecular formula is C33H28N10O13S4. The summed E-state index contributed by atoms with van der Waals surface area (Å²) in [7, 11) is -19.6. The predicted molar refractivity (Wildman–Crippen MR) is 216 cm³/mol. The molecule has 0 saturated carbocycles. The second kappa shape index (κ2) is 15.4. The summed E-state index contributed by atoms with van der Waals surface area (Å²) in [6.07, 6.45) is 0. The average Bonchev–Trinajstić information content (AvgIpc) is 3.14. The van der Waals surface area contributed by atoms with E-state index >= 15 is 0 Å². The van der Waals surface area contributed by atoms with Crippen LogP contribution in [0.5, 0.6) is 0 Å². The van der Waals surface area contributed by atoms with Gasteiger partial charge in [0.15, 0.2) is 0 Å². The maximum absolute atomic E-state index is 12.4. The quantitative estimate of drug-likeness (QED) is 0.0387. The second-order valence-electron chi connectivity index (χ2n) is 12.4. The van der Waals surface area contributed by atoms with Crippen LogP contribution in [0.25, 0.3) is 43.8 Å². The van der Waals surface area contributed by atoms with Crippen LogP contribution < -0.4 is 33.8 Å². The maximum Gasteiger partial charge on any atom is 0.358 e. The molecule has 6 rings (SSSR count). The fraction of sp³-hybridized carbons (Fsp3) is 0. The monoisotopic (exact) mass is 900 g/mol. The number of rotatable bonds is 10. The molecule has 0 atom stereocenters. The number of hydrogen-bond donors (Lipinski definition) is 10. The number of urea groups is 1. The van der Waals surface area contributed by atoms with Crippen LogP contribution in [0.1, 0.15) is 0 Å². The van der Waals surface area contributed by atoms with Crippen molar-refractivity contribution in [2.45, 2.75) is 19.6 Å². The molecule has 2 amide bonds. The predicted octanol–water partition coefficient (Wildman–Crippen LogP) is 4.64. The maximum atomic E-state index is 12.4. The Bertz CT molecular complexity index is 3120. The highest BCUT2D eigenvalue weighted by Crippen LogP contribution is 2.43. The average molecular weight is 901 g/mol. The Kier molecular flexibility index (Phi) is 11.0. The first kappa shape index (κ1) is 42.7. The normalized spacial score (nSPS) is 12.7. The lowest BCUT2D eigenvalue weighted by Gasteiger charge is -2.15. The van der Waals surface area contributed by atoms with Crippen molar-refractivity contribution in [2.24, 2.45) is 20.7 Å². The van der Waals surface area contributed by atoms with Gasteiger partial charge in [0.25, 0.3) is 40.5 Å². The standard InChI is InChI=1S/C33H28N10O13S4/c34-19-5-3-17-25(57(45,46)47)11-7-21(36)31(17)29(19)15-1-9-23(27(13-15)59(51,52)53)38-42-40-33(44)41-43-39-24-10-2-16(14-28(24)60(54,55)56)30-20(35)6-4-18-26(58(48,49)50)12-8-22(37)32(18)30/h1-14H,34-37H2,(H,45,46,47)(H,48,49,50)(H,51,52,53)(H,54,55,56)(H2,38,39,40,41,44). The number of hydrogen-bond acceptors (Lipinski definition) is 17. The van der Waals surface area contributed by atoms with Gasteiger partial charge >= 0.3 is 6.03 Å². The zero-order valence-corrected chi connectivity index (χ0v) is 33.0. The van der Waals surface area contributed by atoms with Crippen LogP contribution in [0.15, 0.2) is 125 Å². The summed E-state index contributed by atoms with van der Waals surface area (Å²) >= 11 is 0. The Balaban J connectivity index is 1.26. The van der Waals surface area contributed by atoms with Gasteiger partial charge in [-0.1, -0.05) is 34.7 Å². The van der Waals surface area contributed by atoms with Crippen LogP contribution in [-0.2, 0) is 40.5 Å². The number of fused-ring (bicyclic) bond motifs is 2. The second-order valence-corrected chi connectivity index (χ2v) is 18.0. The summed E-state index contributed by atoms with van der Waals surface area (Å²) in [5.74, 6) is 0. The fourth-order valence-corrected chi connectivity index (χ4v) is 8.86. The van der Waals surface area contributed by atoms with Gasteiger partial charge in [-0.3, -0.25) is 18.2 Å². The van der Waals surface area contributed by atoms with E-state index in [0.29, 0.717) is 0 Å². The van der Waals surface area contributed by atoms with E-state index in [-0.39, 0.29) is 66.5 Å². The summed E-state index contributed by atoms with van der Waals surface area (Å²) < 4.78 is 137. The van der Waals surface area contributed by atoms with Gasteiger partial charge in [0, 0.05) is 55.4 Å². The molecule has 312 valence electrons. The molecule has 0 aliphatic rings. The molecule has 0 unspecified atom stereocenters. The Hall–Kier alpha value is -6.85. The smallest absolute Gasteiger partial charge is 0.358 e. The minimum absolute atomic E-state index is 0.000991. The molecule has 0 heterocycles. The molecule has 0 bridgehead atoms.